The first-order valence-electron chi connectivity index (χ1n) is 4.14. The van der Waals surface area contributed by atoms with Crippen LogP contribution >= 0.6 is 11.3 Å². The molecule has 13 heavy (non-hydrogen) atoms. The van der Waals surface area contributed by atoms with E-state index in [1.54, 1.807) is 11.3 Å². The van der Waals surface area contributed by atoms with Crippen LogP contribution in [-0.4, -0.2) is 13.0 Å². The van der Waals surface area contributed by atoms with Crippen LogP contribution in [0.25, 0.3) is 0 Å². The van der Waals surface area contributed by atoms with E-state index < -0.39 is 6.43 Å². The second kappa shape index (κ2) is 4.67. The zero-order valence-corrected chi connectivity index (χ0v) is 8.55. The van der Waals surface area contributed by atoms with Crippen LogP contribution < -0.4 is 5.32 Å². The van der Waals surface area contributed by atoms with Gasteiger partial charge in [0.05, 0.1) is 6.54 Å². The Bertz CT molecular complexity index is 271. The van der Waals surface area contributed by atoms with Crippen LogP contribution in [0.15, 0.2) is 6.07 Å². The SMILES string of the molecule is Cc1cc(CNCC(F)F)c(C)s1. The molecule has 0 saturated heterocycles. The minimum Gasteiger partial charge on any atom is -0.307 e. The fourth-order valence-corrected chi connectivity index (χ4v) is 2.12. The van der Waals surface area contributed by atoms with Crippen LogP contribution in [0.5, 0.6) is 0 Å². The third-order valence-electron chi connectivity index (χ3n) is 1.76. The van der Waals surface area contributed by atoms with Gasteiger partial charge in [-0.25, -0.2) is 8.78 Å². The predicted octanol–water partition coefficient (Wildman–Crippen LogP) is 2.72. The number of halogens is 2. The van der Waals surface area contributed by atoms with Crippen LogP contribution in [0.1, 0.15) is 15.3 Å². The largest absolute Gasteiger partial charge is 0.307 e. The van der Waals surface area contributed by atoms with Gasteiger partial charge >= 0.3 is 0 Å². The number of hydrogen-bond donors (Lipinski definition) is 1. The van der Waals surface area contributed by atoms with E-state index in [1.807, 2.05) is 19.9 Å². The molecule has 0 fully saturated rings. The molecule has 0 atom stereocenters. The third-order valence-corrected chi connectivity index (χ3v) is 2.77. The lowest BCUT2D eigenvalue weighted by Crippen LogP contribution is -2.20. The third kappa shape index (κ3) is 3.40. The van der Waals surface area contributed by atoms with Gasteiger partial charge in [0.1, 0.15) is 0 Å². The molecule has 0 amide bonds. The van der Waals surface area contributed by atoms with Crippen molar-refractivity contribution in [1.29, 1.82) is 0 Å². The van der Waals surface area contributed by atoms with Crippen LogP contribution in [0.2, 0.25) is 0 Å². The van der Waals surface area contributed by atoms with E-state index in [0.717, 1.165) is 5.56 Å². The molecule has 0 aromatic carbocycles. The van der Waals surface area contributed by atoms with E-state index in [-0.39, 0.29) is 6.54 Å². The molecule has 0 unspecified atom stereocenters. The summed E-state index contributed by atoms with van der Waals surface area (Å²) in [4.78, 5) is 2.44. The van der Waals surface area contributed by atoms with Crippen LogP contribution in [-0.2, 0) is 6.54 Å². The van der Waals surface area contributed by atoms with Crippen molar-refractivity contribution in [2.45, 2.75) is 26.8 Å². The normalized spacial score (nSPS) is 11.2. The maximum atomic E-state index is 11.8. The zero-order valence-electron chi connectivity index (χ0n) is 7.73. The van der Waals surface area contributed by atoms with Gasteiger partial charge in [-0.3, -0.25) is 0 Å². The zero-order chi connectivity index (χ0) is 9.84. The Morgan fingerprint density at radius 3 is 2.62 bits per heavy atom. The second-order valence-corrected chi connectivity index (χ2v) is 4.42. The molecule has 1 aromatic rings. The highest BCUT2D eigenvalue weighted by Crippen LogP contribution is 2.20. The fourth-order valence-electron chi connectivity index (χ4n) is 1.17. The minimum atomic E-state index is -2.26. The summed E-state index contributed by atoms with van der Waals surface area (Å²) in [7, 11) is 0. The molecule has 0 bridgehead atoms. The monoisotopic (exact) mass is 205 g/mol. The lowest BCUT2D eigenvalue weighted by atomic mass is 10.2. The Hall–Kier alpha value is -0.480. The molecule has 0 aliphatic heterocycles. The number of rotatable bonds is 4. The molecule has 0 aliphatic carbocycles. The molecule has 1 nitrogen and oxygen atoms in total. The summed E-state index contributed by atoms with van der Waals surface area (Å²) in [6, 6.07) is 2.04. The summed E-state index contributed by atoms with van der Waals surface area (Å²) in [5.41, 5.74) is 1.13. The van der Waals surface area contributed by atoms with E-state index in [9.17, 15) is 8.78 Å². The van der Waals surface area contributed by atoms with E-state index in [1.165, 1.54) is 9.75 Å². The number of thiophene rings is 1. The Kier molecular flexibility index (Phi) is 3.81. The van der Waals surface area contributed by atoms with Crippen molar-refractivity contribution in [2.75, 3.05) is 6.54 Å². The summed E-state index contributed by atoms with van der Waals surface area (Å²) in [5.74, 6) is 0. The number of hydrogen-bond acceptors (Lipinski definition) is 2. The highest BCUT2D eigenvalue weighted by molar-refractivity contribution is 7.12. The van der Waals surface area contributed by atoms with Crippen LogP contribution in [0, 0.1) is 13.8 Å². The molecule has 1 aromatic heterocycles. The first kappa shape index (κ1) is 10.6. The molecule has 0 aliphatic rings. The van der Waals surface area contributed by atoms with Gasteiger partial charge in [-0.05, 0) is 25.5 Å². The van der Waals surface area contributed by atoms with Gasteiger partial charge in [0.25, 0.3) is 6.43 Å². The van der Waals surface area contributed by atoms with Crippen LogP contribution in [0.4, 0.5) is 8.78 Å². The van der Waals surface area contributed by atoms with Crippen molar-refractivity contribution in [3.8, 4) is 0 Å². The smallest absolute Gasteiger partial charge is 0.250 e. The van der Waals surface area contributed by atoms with Crippen molar-refractivity contribution in [3.63, 3.8) is 0 Å². The van der Waals surface area contributed by atoms with Crippen molar-refractivity contribution in [3.05, 3.63) is 21.4 Å². The molecule has 4 heteroatoms. The van der Waals surface area contributed by atoms with E-state index in [0.29, 0.717) is 6.54 Å². The molecule has 0 saturated carbocycles. The molecular formula is C9H13F2NS. The van der Waals surface area contributed by atoms with Gasteiger partial charge in [0, 0.05) is 16.3 Å². The highest BCUT2D eigenvalue weighted by atomic mass is 32.1. The first-order chi connectivity index (χ1) is 6.09. The molecular weight excluding hydrogens is 192 g/mol. The molecule has 74 valence electrons. The molecule has 1 rings (SSSR count). The van der Waals surface area contributed by atoms with E-state index >= 15 is 0 Å². The maximum absolute atomic E-state index is 11.8. The lowest BCUT2D eigenvalue weighted by molar-refractivity contribution is 0.145. The van der Waals surface area contributed by atoms with Crippen molar-refractivity contribution in [1.82, 2.24) is 5.32 Å². The fraction of sp³-hybridized carbons (Fsp3) is 0.556. The van der Waals surface area contributed by atoms with Gasteiger partial charge in [0.15, 0.2) is 0 Å². The maximum Gasteiger partial charge on any atom is 0.250 e. The van der Waals surface area contributed by atoms with Gasteiger partial charge in [0.2, 0.25) is 0 Å². The Morgan fingerprint density at radius 1 is 1.46 bits per heavy atom. The Morgan fingerprint density at radius 2 is 2.15 bits per heavy atom. The topological polar surface area (TPSA) is 12.0 Å². The Balaban J connectivity index is 2.40. The van der Waals surface area contributed by atoms with Crippen LogP contribution in [0.3, 0.4) is 0 Å². The Labute approximate surface area is 80.8 Å². The average Bonchev–Trinajstić information content (AvgIpc) is 2.29. The molecule has 0 spiro atoms. The lowest BCUT2D eigenvalue weighted by Gasteiger charge is -2.02. The highest BCUT2D eigenvalue weighted by Gasteiger charge is 2.04. The van der Waals surface area contributed by atoms with Crippen molar-refractivity contribution < 1.29 is 8.78 Å². The summed E-state index contributed by atoms with van der Waals surface area (Å²) >= 11 is 1.70. The van der Waals surface area contributed by atoms with Gasteiger partial charge in [-0.1, -0.05) is 0 Å². The van der Waals surface area contributed by atoms with E-state index in [4.69, 9.17) is 0 Å². The summed E-state index contributed by atoms with van der Waals surface area (Å²) < 4.78 is 23.6. The molecule has 1 N–H and O–H groups in total. The molecule has 0 radical (unpaired) electrons. The van der Waals surface area contributed by atoms with Gasteiger partial charge in [-0.2, -0.15) is 0 Å². The van der Waals surface area contributed by atoms with Crippen molar-refractivity contribution in [2.24, 2.45) is 0 Å². The number of aryl methyl sites for hydroxylation is 2. The van der Waals surface area contributed by atoms with Gasteiger partial charge < -0.3 is 5.32 Å². The summed E-state index contributed by atoms with van der Waals surface area (Å²) in [6.45, 7) is 4.35. The van der Waals surface area contributed by atoms with Crippen molar-refractivity contribution >= 4 is 11.3 Å². The number of nitrogens with one attached hydrogen (secondary N) is 1. The molecule has 1 heterocycles. The summed E-state index contributed by atoms with van der Waals surface area (Å²) in [5, 5.41) is 2.71. The van der Waals surface area contributed by atoms with E-state index in [2.05, 4.69) is 5.32 Å². The average molecular weight is 205 g/mol. The number of alkyl halides is 2. The van der Waals surface area contributed by atoms with Gasteiger partial charge in [-0.15, -0.1) is 11.3 Å². The second-order valence-electron chi connectivity index (χ2n) is 2.96. The minimum absolute atomic E-state index is 0.228. The first-order valence-corrected chi connectivity index (χ1v) is 4.96. The quantitative estimate of drug-likeness (QED) is 0.797. The standard InChI is InChI=1S/C9H13F2NS/c1-6-3-8(7(2)13-6)4-12-5-9(10)11/h3,9,12H,4-5H2,1-2H3. The summed E-state index contributed by atoms with van der Waals surface area (Å²) in [6.07, 6.45) is -2.26. The predicted molar refractivity (Wildman–Crippen MR) is 51.5 cm³/mol.